The molecule has 1 aliphatic rings. The van der Waals surface area contributed by atoms with Crippen molar-refractivity contribution in [2.24, 2.45) is 5.73 Å². The fourth-order valence-corrected chi connectivity index (χ4v) is 1.36. The van der Waals surface area contributed by atoms with Crippen LogP contribution >= 0.6 is 0 Å². The average molecular weight is 229 g/mol. The monoisotopic (exact) mass is 229 g/mol. The fourth-order valence-electron chi connectivity index (χ4n) is 1.36. The predicted molar refractivity (Wildman–Crippen MR) is 58.7 cm³/mol. The Kier molecular flexibility index (Phi) is 4.70. The number of ether oxygens (including phenoxy) is 1. The zero-order valence-electron chi connectivity index (χ0n) is 9.54. The number of carbonyl (C=O) groups is 2. The molecule has 1 saturated heterocycles. The second-order valence-corrected chi connectivity index (χ2v) is 4.26. The highest BCUT2D eigenvalue weighted by molar-refractivity contribution is 5.77. The van der Waals surface area contributed by atoms with Crippen LogP contribution in [0.25, 0.3) is 0 Å². The van der Waals surface area contributed by atoms with Gasteiger partial charge in [-0.15, -0.1) is 0 Å². The van der Waals surface area contributed by atoms with Crippen molar-refractivity contribution in [1.82, 2.24) is 10.6 Å². The molecule has 1 fully saturated rings. The molecule has 1 aliphatic heterocycles. The lowest BCUT2D eigenvalue weighted by molar-refractivity contribution is -0.135. The molecule has 0 radical (unpaired) electrons. The highest BCUT2D eigenvalue weighted by atomic mass is 16.5. The zero-order chi connectivity index (χ0) is 12.0. The van der Waals surface area contributed by atoms with Crippen molar-refractivity contribution in [3.8, 4) is 0 Å². The van der Waals surface area contributed by atoms with Crippen LogP contribution in [0.3, 0.4) is 0 Å². The minimum atomic E-state index is -0.349. The SMILES string of the molecule is CC1(OCC(=O)NCCCC(N)=O)CNC1. The van der Waals surface area contributed by atoms with Gasteiger partial charge in [-0.1, -0.05) is 0 Å². The number of hydrogen-bond acceptors (Lipinski definition) is 4. The summed E-state index contributed by atoms with van der Waals surface area (Å²) in [7, 11) is 0. The lowest BCUT2D eigenvalue weighted by atomic mass is 10.0. The topological polar surface area (TPSA) is 93.4 Å². The van der Waals surface area contributed by atoms with Crippen LogP contribution < -0.4 is 16.4 Å². The number of hydrogen-bond donors (Lipinski definition) is 3. The Morgan fingerprint density at radius 2 is 2.19 bits per heavy atom. The zero-order valence-corrected chi connectivity index (χ0v) is 9.54. The van der Waals surface area contributed by atoms with Crippen LogP contribution in [-0.4, -0.2) is 43.7 Å². The van der Waals surface area contributed by atoms with E-state index in [0.717, 1.165) is 13.1 Å². The Bertz CT molecular complexity index is 264. The first-order valence-electron chi connectivity index (χ1n) is 5.41. The number of amides is 2. The summed E-state index contributed by atoms with van der Waals surface area (Å²) in [6, 6.07) is 0. The lowest BCUT2D eigenvalue weighted by Gasteiger charge is -2.38. The maximum absolute atomic E-state index is 11.3. The summed E-state index contributed by atoms with van der Waals surface area (Å²) in [5.41, 5.74) is 4.76. The smallest absolute Gasteiger partial charge is 0.246 e. The van der Waals surface area contributed by atoms with E-state index in [9.17, 15) is 9.59 Å². The summed E-state index contributed by atoms with van der Waals surface area (Å²) in [4.78, 5) is 21.7. The Balaban J connectivity index is 2.00. The summed E-state index contributed by atoms with van der Waals surface area (Å²) in [6.45, 7) is 4.04. The standard InChI is InChI=1S/C10H19N3O3/c1-10(6-12-7-10)16-5-9(15)13-4-2-3-8(11)14/h12H,2-7H2,1H3,(H2,11,14)(H,13,15). The Hall–Kier alpha value is -1.14. The van der Waals surface area contributed by atoms with E-state index >= 15 is 0 Å². The molecule has 0 saturated carbocycles. The van der Waals surface area contributed by atoms with Gasteiger partial charge >= 0.3 is 0 Å². The Labute approximate surface area is 94.9 Å². The second kappa shape index (κ2) is 5.81. The van der Waals surface area contributed by atoms with E-state index in [1.165, 1.54) is 0 Å². The number of nitrogens with one attached hydrogen (secondary N) is 2. The summed E-state index contributed by atoms with van der Waals surface area (Å²) >= 11 is 0. The molecule has 4 N–H and O–H groups in total. The van der Waals surface area contributed by atoms with E-state index in [2.05, 4.69) is 10.6 Å². The molecular weight excluding hydrogens is 210 g/mol. The molecule has 1 rings (SSSR count). The van der Waals surface area contributed by atoms with Gasteiger partial charge in [-0.25, -0.2) is 0 Å². The first-order chi connectivity index (χ1) is 7.52. The molecule has 0 aromatic heterocycles. The van der Waals surface area contributed by atoms with Gasteiger partial charge in [0.05, 0.1) is 5.60 Å². The van der Waals surface area contributed by atoms with Crippen LogP contribution in [0.2, 0.25) is 0 Å². The molecule has 16 heavy (non-hydrogen) atoms. The van der Waals surface area contributed by atoms with Crippen molar-refractivity contribution in [2.75, 3.05) is 26.2 Å². The first-order valence-corrected chi connectivity index (χ1v) is 5.41. The highest BCUT2D eigenvalue weighted by Crippen LogP contribution is 2.14. The molecule has 0 unspecified atom stereocenters. The van der Waals surface area contributed by atoms with Gasteiger partial charge in [-0.2, -0.15) is 0 Å². The molecule has 6 heteroatoms. The van der Waals surface area contributed by atoms with Gasteiger partial charge in [0.1, 0.15) is 6.61 Å². The maximum atomic E-state index is 11.3. The molecule has 6 nitrogen and oxygen atoms in total. The molecule has 0 aromatic rings. The van der Waals surface area contributed by atoms with Crippen molar-refractivity contribution in [2.45, 2.75) is 25.4 Å². The van der Waals surface area contributed by atoms with E-state index in [1.807, 2.05) is 6.92 Å². The van der Waals surface area contributed by atoms with Gasteiger partial charge in [-0.3, -0.25) is 9.59 Å². The number of nitrogens with two attached hydrogens (primary N) is 1. The third-order valence-corrected chi connectivity index (χ3v) is 2.47. The summed E-state index contributed by atoms with van der Waals surface area (Å²) in [5.74, 6) is -0.504. The summed E-state index contributed by atoms with van der Waals surface area (Å²) in [6.07, 6.45) is 0.864. The van der Waals surface area contributed by atoms with E-state index in [1.54, 1.807) is 0 Å². The minimum Gasteiger partial charge on any atom is -0.370 e. The Morgan fingerprint density at radius 1 is 1.50 bits per heavy atom. The number of rotatable bonds is 7. The largest absolute Gasteiger partial charge is 0.370 e. The van der Waals surface area contributed by atoms with Crippen LogP contribution in [0.15, 0.2) is 0 Å². The van der Waals surface area contributed by atoms with E-state index in [0.29, 0.717) is 19.4 Å². The van der Waals surface area contributed by atoms with Crippen LogP contribution in [-0.2, 0) is 14.3 Å². The van der Waals surface area contributed by atoms with Gasteiger partial charge in [0.25, 0.3) is 0 Å². The normalized spacial score (nSPS) is 17.6. The van der Waals surface area contributed by atoms with Gasteiger partial charge in [-0.05, 0) is 13.3 Å². The van der Waals surface area contributed by atoms with Gasteiger partial charge in [0.15, 0.2) is 0 Å². The van der Waals surface area contributed by atoms with Crippen LogP contribution in [0, 0.1) is 0 Å². The molecule has 0 atom stereocenters. The maximum Gasteiger partial charge on any atom is 0.246 e. The average Bonchev–Trinajstić information content (AvgIpc) is 2.18. The van der Waals surface area contributed by atoms with E-state index in [-0.39, 0.29) is 24.0 Å². The molecule has 1 heterocycles. The van der Waals surface area contributed by atoms with Crippen LogP contribution in [0.4, 0.5) is 0 Å². The molecule has 0 aromatic carbocycles. The quantitative estimate of drug-likeness (QED) is 0.475. The third-order valence-electron chi connectivity index (χ3n) is 2.47. The fraction of sp³-hybridized carbons (Fsp3) is 0.800. The van der Waals surface area contributed by atoms with Crippen molar-refractivity contribution in [3.05, 3.63) is 0 Å². The number of primary amides is 1. The van der Waals surface area contributed by atoms with Crippen molar-refractivity contribution in [3.63, 3.8) is 0 Å². The lowest BCUT2D eigenvalue weighted by Crippen LogP contribution is -2.59. The summed E-state index contributed by atoms with van der Waals surface area (Å²) < 4.78 is 5.44. The van der Waals surface area contributed by atoms with E-state index in [4.69, 9.17) is 10.5 Å². The minimum absolute atomic E-state index is 0.0642. The van der Waals surface area contributed by atoms with Crippen molar-refractivity contribution in [1.29, 1.82) is 0 Å². The first kappa shape index (κ1) is 12.9. The molecule has 0 aliphatic carbocycles. The molecule has 2 amide bonds. The summed E-state index contributed by atoms with van der Waals surface area (Å²) in [5, 5.41) is 5.75. The second-order valence-electron chi connectivity index (χ2n) is 4.26. The molecule has 0 bridgehead atoms. The number of carbonyl (C=O) groups excluding carboxylic acids is 2. The van der Waals surface area contributed by atoms with Crippen LogP contribution in [0.1, 0.15) is 19.8 Å². The van der Waals surface area contributed by atoms with Crippen molar-refractivity contribution < 1.29 is 14.3 Å². The molecule has 92 valence electrons. The van der Waals surface area contributed by atoms with Crippen molar-refractivity contribution >= 4 is 11.8 Å². The highest BCUT2D eigenvalue weighted by Gasteiger charge is 2.32. The van der Waals surface area contributed by atoms with Crippen LogP contribution in [0.5, 0.6) is 0 Å². The predicted octanol–water partition coefficient (Wildman–Crippen LogP) is -1.25. The molecule has 0 spiro atoms. The van der Waals surface area contributed by atoms with Gasteiger partial charge in [0, 0.05) is 26.1 Å². The Morgan fingerprint density at radius 3 is 2.69 bits per heavy atom. The third kappa shape index (κ3) is 4.59. The van der Waals surface area contributed by atoms with Gasteiger partial charge < -0.3 is 21.1 Å². The van der Waals surface area contributed by atoms with E-state index < -0.39 is 0 Å². The molecular formula is C10H19N3O3. The van der Waals surface area contributed by atoms with Gasteiger partial charge in [0.2, 0.25) is 11.8 Å².